The Morgan fingerprint density at radius 2 is 2.19 bits per heavy atom. The van der Waals surface area contributed by atoms with Crippen LogP contribution in [0.3, 0.4) is 0 Å². The number of hydrogen-bond acceptors (Lipinski definition) is 5. The first kappa shape index (κ1) is 18.6. The third kappa shape index (κ3) is 3.82. The number of thiocarbonyl (C=S) groups is 1. The number of aryl methyl sites for hydroxylation is 2. The van der Waals surface area contributed by atoms with E-state index >= 15 is 0 Å². The molecule has 0 spiro atoms. The van der Waals surface area contributed by atoms with Gasteiger partial charge in [0, 0.05) is 28.5 Å². The number of methoxy groups -OCH3 is 1. The lowest BCUT2D eigenvalue weighted by molar-refractivity contribution is 0.0606. The van der Waals surface area contributed by atoms with Crippen LogP contribution in [0.5, 0.6) is 0 Å². The van der Waals surface area contributed by atoms with Crippen molar-refractivity contribution >= 4 is 62.0 Å². The van der Waals surface area contributed by atoms with Crippen molar-refractivity contribution in [3.63, 3.8) is 0 Å². The summed E-state index contributed by atoms with van der Waals surface area (Å²) in [6.07, 6.45) is 0. The highest BCUT2D eigenvalue weighted by atomic mass is 35.5. The smallest absolute Gasteiger partial charge is 0.349 e. The summed E-state index contributed by atoms with van der Waals surface area (Å²) < 4.78 is 7.46. The van der Waals surface area contributed by atoms with Crippen molar-refractivity contribution in [3.05, 3.63) is 45.6 Å². The number of fused-ring (bicyclic) bond motifs is 1. The van der Waals surface area contributed by atoms with Crippen LogP contribution < -0.4 is 10.6 Å². The van der Waals surface area contributed by atoms with Crippen LogP contribution in [-0.2, 0) is 18.3 Å². The van der Waals surface area contributed by atoms with E-state index in [-0.39, 0.29) is 0 Å². The van der Waals surface area contributed by atoms with Crippen LogP contribution in [0.25, 0.3) is 10.1 Å². The lowest BCUT2D eigenvalue weighted by Crippen LogP contribution is -2.28. The highest BCUT2D eigenvalue weighted by molar-refractivity contribution is 7.80. The Labute approximate surface area is 165 Å². The highest BCUT2D eigenvalue weighted by Gasteiger charge is 2.17. The number of halogens is 1. The van der Waals surface area contributed by atoms with Gasteiger partial charge in [-0.15, -0.1) is 11.3 Å². The van der Waals surface area contributed by atoms with Crippen molar-refractivity contribution in [2.75, 3.05) is 12.4 Å². The predicted octanol–water partition coefficient (Wildman–Crippen LogP) is 3.87. The zero-order valence-electron chi connectivity index (χ0n) is 14.4. The van der Waals surface area contributed by atoms with E-state index in [0.717, 1.165) is 27.2 Å². The standard InChI is InChI=1S/C17H17ClN4O2S2/c1-9-6-11(21-22(9)2)8-19-17(25)20-10-4-5-12-13(7-10)26-15(14(12)18)16(23)24-3/h4-7H,8H2,1-3H3,(H2,19,20,25). The van der Waals surface area contributed by atoms with E-state index < -0.39 is 5.97 Å². The molecule has 2 aromatic heterocycles. The van der Waals surface area contributed by atoms with Crippen molar-refractivity contribution in [2.45, 2.75) is 13.5 Å². The summed E-state index contributed by atoms with van der Waals surface area (Å²) in [5.41, 5.74) is 2.81. The van der Waals surface area contributed by atoms with Gasteiger partial charge < -0.3 is 15.4 Å². The molecular formula is C17H17ClN4O2S2. The van der Waals surface area contributed by atoms with Crippen molar-refractivity contribution in [1.29, 1.82) is 0 Å². The second-order valence-electron chi connectivity index (χ2n) is 5.66. The van der Waals surface area contributed by atoms with Crippen molar-refractivity contribution < 1.29 is 9.53 Å². The van der Waals surface area contributed by atoms with Gasteiger partial charge in [0.25, 0.3) is 0 Å². The molecule has 9 heteroatoms. The molecule has 2 heterocycles. The summed E-state index contributed by atoms with van der Waals surface area (Å²) in [6.45, 7) is 2.53. The number of rotatable bonds is 4. The molecule has 2 N–H and O–H groups in total. The molecule has 0 atom stereocenters. The summed E-state index contributed by atoms with van der Waals surface area (Å²) in [5.74, 6) is -0.437. The molecular weight excluding hydrogens is 392 g/mol. The number of anilines is 1. The Kier molecular flexibility index (Phi) is 5.45. The third-order valence-electron chi connectivity index (χ3n) is 3.85. The average molecular weight is 409 g/mol. The number of ether oxygens (including phenoxy) is 1. The molecule has 0 aliphatic rings. The molecule has 0 amide bonds. The van der Waals surface area contributed by atoms with E-state index in [1.54, 1.807) is 0 Å². The van der Waals surface area contributed by atoms with E-state index in [0.29, 0.717) is 21.6 Å². The van der Waals surface area contributed by atoms with E-state index in [4.69, 9.17) is 28.6 Å². The van der Waals surface area contributed by atoms with Gasteiger partial charge in [0.1, 0.15) is 4.88 Å². The van der Waals surface area contributed by atoms with Gasteiger partial charge >= 0.3 is 5.97 Å². The van der Waals surface area contributed by atoms with Gasteiger partial charge in [-0.25, -0.2) is 4.79 Å². The number of aromatic nitrogens is 2. The fraction of sp³-hybridized carbons (Fsp3) is 0.235. The number of nitrogens with zero attached hydrogens (tertiary/aromatic N) is 2. The summed E-state index contributed by atoms with van der Waals surface area (Å²) in [6, 6.07) is 7.62. The Morgan fingerprint density at radius 1 is 1.42 bits per heavy atom. The van der Waals surface area contributed by atoms with Crippen LogP contribution in [0.4, 0.5) is 5.69 Å². The molecule has 6 nitrogen and oxygen atoms in total. The molecule has 0 saturated heterocycles. The van der Waals surface area contributed by atoms with Crippen LogP contribution in [0.2, 0.25) is 5.02 Å². The SMILES string of the molecule is COC(=O)c1sc2cc(NC(=S)NCc3cc(C)n(C)n3)ccc2c1Cl. The number of esters is 1. The molecule has 0 unspecified atom stereocenters. The largest absolute Gasteiger partial charge is 0.465 e. The Morgan fingerprint density at radius 3 is 2.85 bits per heavy atom. The molecule has 0 saturated carbocycles. The molecule has 0 aliphatic carbocycles. The monoisotopic (exact) mass is 408 g/mol. The maximum absolute atomic E-state index is 11.8. The minimum atomic E-state index is -0.437. The van der Waals surface area contributed by atoms with E-state index in [9.17, 15) is 4.79 Å². The first-order chi connectivity index (χ1) is 12.4. The van der Waals surface area contributed by atoms with Crippen molar-refractivity contribution in [1.82, 2.24) is 15.1 Å². The Bertz CT molecular complexity index is 977. The first-order valence-electron chi connectivity index (χ1n) is 7.73. The minimum Gasteiger partial charge on any atom is -0.465 e. The number of benzene rings is 1. The average Bonchev–Trinajstić information content (AvgIpc) is 3.11. The summed E-state index contributed by atoms with van der Waals surface area (Å²) in [7, 11) is 3.24. The summed E-state index contributed by atoms with van der Waals surface area (Å²) in [4.78, 5) is 12.2. The minimum absolute atomic E-state index is 0.396. The first-order valence-corrected chi connectivity index (χ1v) is 9.34. The summed E-state index contributed by atoms with van der Waals surface area (Å²) in [5, 5.41) is 12.3. The molecule has 0 fully saturated rings. The maximum Gasteiger partial charge on any atom is 0.349 e. The van der Waals surface area contributed by atoms with Crippen LogP contribution in [0.1, 0.15) is 21.1 Å². The topological polar surface area (TPSA) is 68.2 Å². The second-order valence-corrected chi connectivity index (χ2v) is 7.49. The van der Waals surface area contributed by atoms with Crippen LogP contribution in [0.15, 0.2) is 24.3 Å². The van der Waals surface area contributed by atoms with Gasteiger partial charge in [-0.1, -0.05) is 11.6 Å². The Balaban J connectivity index is 1.70. The molecule has 0 radical (unpaired) electrons. The van der Waals surface area contributed by atoms with E-state index in [1.165, 1.54) is 18.4 Å². The number of carbonyl (C=O) groups is 1. The zero-order chi connectivity index (χ0) is 18.8. The fourth-order valence-corrected chi connectivity index (χ4v) is 4.09. The molecule has 26 heavy (non-hydrogen) atoms. The Hall–Kier alpha value is -2.16. The maximum atomic E-state index is 11.8. The molecule has 136 valence electrons. The van der Waals surface area contributed by atoms with Crippen molar-refractivity contribution in [2.24, 2.45) is 7.05 Å². The van der Waals surface area contributed by atoms with Gasteiger partial charge in [-0.05, 0) is 43.4 Å². The number of carbonyl (C=O) groups excluding carboxylic acids is 1. The van der Waals surface area contributed by atoms with Gasteiger partial charge in [0.05, 0.1) is 24.4 Å². The second kappa shape index (κ2) is 7.61. The zero-order valence-corrected chi connectivity index (χ0v) is 16.8. The molecule has 3 aromatic rings. The summed E-state index contributed by atoms with van der Waals surface area (Å²) >= 11 is 12.9. The predicted molar refractivity (Wildman–Crippen MR) is 109 cm³/mol. The van der Waals surface area contributed by atoms with Gasteiger partial charge in [-0.2, -0.15) is 5.10 Å². The van der Waals surface area contributed by atoms with Crippen molar-refractivity contribution in [3.8, 4) is 0 Å². The third-order valence-corrected chi connectivity index (χ3v) is 5.74. The molecule has 1 aromatic carbocycles. The lowest BCUT2D eigenvalue weighted by Gasteiger charge is -2.09. The highest BCUT2D eigenvalue weighted by Crippen LogP contribution is 2.37. The van der Waals surface area contributed by atoms with Crippen LogP contribution in [0, 0.1) is 6.92 Å². The van der Waals surface area contributed by atoms with Gasteiger partial charge in [-0.3, -0.25) is 4.68 Å². The number of nitrogens with one attached hydrogen (secondary N) is 2. The fourth-order valence-electron chi connectivity index (χ4n) is 2.43. The van der Waals surface area contributed by atoms with E-state index in [1.807, 2.05) is 42.9 Å². The molecule has 3 rings (SSSR count). The molecule has 0 bridgehead atoms. The molecule has 0 aliphatic heterocycles. The quantitative estimate of drug-likeness (QED) is 0.504. The number of hydrogen-bond donors (Lipinski definition) is 2. The van der Waals surface area contributed by atoms with Crippen LogP contribution in [-0.4, -0.2) is 28.0 Å². The normalized spacial score (nSPS) is 10.8. The van der Waals surface area contributed by atoms with Gasteiger partial charge in [0.2, 0.25) is 0 Å². The van der Waals surface area contributed by atoms with Crippen LogP contribution >= 0.6 is 35.2 Å². The number of thiophene rings is 1. The lowest BCUT2D eigenvalue weighted by atomic mass is 10.2. The van der Waals surface area contributed by atoms with E-state index in [2.05, 4.69) is 15.7 Å². The van der Waals surface area contributed by atoms with Gasteiger partial charge in [0.15, 0.2) is 5.11 Å².